The maximum Gasteiger partial charge on any atom is 0.256 e. The Morgan fingerprint density at radius 3 is 2.62 bits per heavy atom. The second kappa shape index (κ2) is 8.32. The van der Waals surface area contributed by atoms with Crippen molar-refractivity contribution < 1.29 is 9.59 Å². The number of nitrogens with one attached hydrogen (secondary N) is 2. The van der Waals surface area contributed by atoms with E-state index >= 15 is 0 Å². The standard InChI is InChI=1S/C21H27N3O2/c1-3-15(2)24-10-8-17(9-11-24)19-12-20(22-13-19)23-21(26)18-6-4-16(14-25)5-7-18/h4-7,12-15,17,22H,3,8-11H2,1-2H3,(H,23,26). The SMILES string of the molecule is CCC(C)N1CCC(c2c[nH]c(NC(=O)c3ccc(C=O)cc3)c2)CC1. The largest absolute Gasteiger partial charge is 0.348 e. The van der Waals surface area contributed by atoms with Gasteiger partial charge in [0.2, 0.25) is 0 Å². The van der Waals surface area contributed by atoms with E-state index in [0.717, 1.165) is 32.2 Å². The number of rotatable bonds is 6. The van der Waals surface area contributed by atoms with Gasteiger partial charge >= 0.3 is 0 Å². The summed E-state index contributed by atoms with van der Waals surface area (Å²) in [5.41, 5.74) is 2.36. The third kappa shape index (κ3) is 4.22. The summed E-state index contributed by atoms with van der Waals surface area (Å²) in [5.74, 6) is 1.08. The predicted octanol–water partition coefficient (Wildman–Crippen LogP) is 4.06. The number of piperidine rings is 1. The molecule has 5 heteroatoms. The Bertz CT molecular complexity index is 743. The van der Waals surface area contributed by atoms with Crippen LogP contribution in [0.1, 0.15) is 65.3 Å². The van der Waals surface area contributed by atoms with E-state index in [-0.39, 0.29) is 5.91 Å². The fraction of sp³-hybridized carbons (Fsp3) is 0.429. The van der Waals surface area contributed by atoms with Gasteiger partial charge in [0.05, 0.1) is 0 Å². The Labute approximate surface area is 154 Å². The minimum atomic E-state index is -0.178. The lowest BCUT2D eigenvalue weighted by molar-refractivity contribution is 0.102. The predicted molar refractivity (Wildman–Crippen MR) is 104 cm³/mol. The summed E-state index contributed by atoms with van der Waals surface area (Å²) < 4.78 is 0. The number of benzene rings is 1. The number of likely N-dealkylation sites (tertiary alicyclic amines) is 1. The number of carbonyl (C=O) groups excluding carboxylic acids is 2. The van der Waals surface area contributed by atoms with Gasteiger partial charge in [-0.05, 0) is 69.0 Å². The van der Waals surface area contributed by atoms with Gasteiger partial charge < -0.3 is 15.2 Å². The molecule has 5 nitrogen and oxygen atoms in total. The van der Waals surface area contributed by atoms with Crippen molar-refractivity contribution in [1.29, 1.82) is 0 Å². The van der Waals surface area contributed by atoms with Crippen molar-refractivity contribution in [3.63, 3.8) is 0 Å². The number of nitrogens with zero attached hydrogens (tertiary/aromatic N) is 1. The molecule has 1 aromatic heterocycles. The molecule has 1 aliphatic heterocycles. The van der Waals surface area contributed by atoms with E-state index in [1.54, 1.807) is 24.3 Å². The molecule has 1 fully saturated rings. The number of H-pyrrole nitrogens is 1. The van der Waals surface area contributed by atoms with Gasteiger partial charge in [-0.2, -0.15) is 0 Å². The van der Waals surface area contributed by atoms with Crippen LogP contribution in [0, 0.1) is 0 Å². The summed E-state index contributed by atoms with van der Waals surface area (Å²) in [5, 5.41) is 2.90. The number of amides is 1. The van der Waals surface area contributed by atoms with Crippen LogP contribution in [-0.2, 0) is 0 Å². The Morgan fingerprint density at radius 1 is 1.31 bits per heavy atom. The summed E-state index contributed by atoms with van der Waals surface area (Å²) in [4.78, 5) is 28.8. The average molecular weight is 353 g/mol. The molecular formula is C21H27N3O2. The maximum absolute atomic E-state index is 12.3. The average Bonchev–Trinajstić information content (AvgIpc) is 3.16. The molecule has 26 heavy (non-hydrogen) atoms. The highest BCUT2D eigenvalue weighted by molar-refractivity contribution is 6.04. The van der Waals surface area contributed by atoms with Crippen LogP contribution in [0.25, 0.3) is 0 Å². The first-order chi connectivity index (χ1) is 12.6. The number of aromatic amines is 1. The number of aromatic nitrogens is 1. The highest BCUT2D eigenvalue weighted by Gasteiger charge is 2.23. The molecule has 3 rings (SSSR count). The Morgan fingerprint density at radius 2 is 2.00 bits per heavy atom. The number of hydrogen-bond acceptors (Lipinski definition) is 3. The maximum atomic E-state index is 12.3. The number of aldehydes is 1. The van der Waals surface area contributed by atoms with E-state index in [1.165, 1.54) is 12.0 Å². The molecule has 1 aromatic carbocycles. The lowest BCUT2D eigenvalue weighted by atomic mass is 9.90. The van der Waals surface area contributed by atoms with E-state index in [2.05, 4.69) is 29.0 Å². The molecule has 2 aromatic rings. The molecule has 1 aliphatic rings. The van der Waals surface area contributed by atoms with Crippen molar-refractivity contribution in [1.82, 2.24) is 9.88 Å². The molecule has 1 amide bonds. The Hall–Kier alpha value is -2.40. The van der Waals surface area contributed by atoms with E-state index in [0.29, 0.717) is 28.9 Å². The fourth-order valence-electron chi connectivity index (χ4n) is 3.56. The first kappa shape index (κ1) is 18.4. The highest BCUT2D eigenvalue weighted by atomic mass is 16.1. The van der Waals surface area contributed by atoms with Crippen molar-refractivity contribution in [3.05, 3.63) is 53.2 Å². The van der Waals surface area contributed by atoms with Gasteiger partial charge in [0.15, 0.2) is 0 Å². The quantitative estimate of drug-likeness (QED) is 0.770. The Balaban J connectivity index is 1.58. The van der Waals surface area contributed by atoms with Crippen LogP contribution >= 0.6 is 0 Å². The molecule has 0 radical (unpaired) electrons. The molecule has 138 valence electrons. The zero-order valence-corrected chi connectivity index (χ0v) is 15.5. The summed E-state index contributed by atoms with van der Waals surface area (Å²) >= 11 is 0. The smallest absolute Gasteiger partial charge is 0.256 e. The van der Waals surface area contributed by atoms with Crippen molar-refractivity contribution in [2.75, 3.05) is 18.4 Å². The van der Waals surface area contributed by atoms with E-state index in [4.69, 9.17) is 0 Å². The molecule has 0 spiro atoms. The highest BCUT2D eigenvalue weighted by Crippen LogP contribution is 2.30. The lowest BCUT2D eigenvalue weighted by Crippen LogP contribution is -2.39. The monoisotopic (exact) mass is 353 g/mol. The van der Waals surface area contributed by atoms with Crippen LogP contribution in [-0.4, -0.2) is 41.2 Å². The third-order valence-corrected chi connectivity index (χ3v) is 5.48. The topological polar surface area (TPSA) is 65.2 Å². The molecular weight excluding hydrogens is 326 g/mol. The third-order valence-electron chi connectivity index (χ3n) is 5.48. The zero-order valence-electron chi connectivity index (χ0n) is 15.5. The summed E-state index contributed by atoms with van der Waals surface area (Å²) in [6.45, 7) is 6.81. The van der Waals surface area contributed by atoms with Gasteiger partial charge in [-0.3, -0.25) is 9.59 Å². The van der Waals surface area contributed by atoms with Crippen LogP contribution in [0.3, 0.4) is 0 Å². The molecule has 0 saturated carbocycles. The van der Waals surface area contributed by atoms with Gasteiger partial charge in [-0.15, -0.1) is 0 Å². The van der Waals surface area contributed by atoms with Crippen LogP contribution in [0.4, 0.5) is 5.82 Å². The minimum absolute atomic E-state index is 0.178. The molecule has 0 bridgehead atoms. The van der Waals surface area contributed by atoms with Crippen molar-refractivity contribution >= 4 is 18.0 Å². The lowest BCUT2D eigenvalue weighted by Gasteiger charge is -2.35. The summed E-state index contributed by atoms with van der Waals surface area (Å²) in [6, 6.07) is 9.31. The van der Waals surface area contributed by atoms with Gasteiger partial charge in [-0.1, -0.05) is 19.1 Å². The van der Waals surface area contributed by atoms with Crippen LogP contribution in [0.2, 0.25) is 0 Å². The van der Waals surface area contributed by atoms with Crippen molar-refractivity contribution in [2.45, 2.75) is 45.1 Å². The van der Waals surface area contributed by atoms with E-state index < -0.39 is 0 Å². The van der Waals surface area contributed by atoms with E-state index in [1.807, 2.05) is 12.3 Å². The molecule has 2 heterocycles. The van der Waals surface area contributed by atoms with Gasteiger partial charge in [-0.25, -0.2) is 0 Å². The molecule has 1 unspecified atom stereocenters. The van der Waals surface area contributed by atoms with Crippen molar-refractivity contribution in [3.8, 4) is 0 Å². The number of anilines is 1. The van der Waals surface area contributed by atoms with Crippen molar-refractivity contribution in [2.24, 2.45) is 0 Å². The minimum Gasteiger partial charge on any atom is -0.348 e. The first-order valence-electron chi connectivity index (χ1n) is 9.39. The van der Waals surface area contributed by atoms with Crippen LogP contribution in [0.5, 0.6) is 0 Å². The van der Waals surface area contributed by atoms with Gasteiger partial charge in [0.25, 0.3) is 5.91 Å². The molecule has 1 atom stereocenters. The van der Waals surface area contributed by atoms with Gasteiger partial charge in [0.1, 0.15) is 12.1 Å². The fourth-order valence-corrected chi connectivity index (χ4v) is 3.56. The zero-order chi connectivity index (χ0) is 18.5. The summed E-state index contributed by atoms with van der Waals surface area (Å²) in [7, 11) is 0. The number of carbonyl (C=O) groups is 2. The van der Waals surface area contributed by atoms with Crippen LogP contribution in [0.15, 0.2) is 36.5 Å². The second-order valence-corrected chi connectivity index (χ2v) is 7.11. The van der Waals surface area contributed by atoms with Gasteiger partial charge in [0, 0.05) is 23.4 Å². The normalized spacial score (nSPS) is 17.0. The second-order valence-electron chi connectivity index (χ2n) is 7.11. The Kier molecular flexibility index (Phi) is 5.89. The van der Waals surface area contributed by atoms with Crippen LogP contribution < -0.4 is 5.32 Å². The molecule has 1 saturated heterocycles. The summed E-state index contributed by atoms with van der Waals surface area (Å²) in [6.07, 6.45) is 6.28. The first-order valence-corrected chi connectivity index (χ1v) is 9.39. The molecule has 0 aliphatic carbocycles. The van der Waals surface area contributed by atoms with E-state index in [9.17, 15) is 9.59 Å². The number of hydrogen-bond donors (Lipinski definition) is 2. The molecule has 2 N–H and O–H groups in total.